The molecule has 0 spiro atoms. The minimum absolute atomic E-state index is 0.0466. The van der Waals surface area contributed by atoms with Gasteiger partial charge in [0.05, 0.1) is 0 Å². The molecule has 1 aromatic heterocycles. The number of benzene rings is 1. The Labute approximate surface area is 100.0 Å². The summed E-state index contributed by atoms with van der Waals surface area (Å²) >= 11 is 0. The lowest BCUT2D eigenvalue weighted by molar-refractivity contribution is 0.207. The Morgan fingerprint density at radius 2 is 1.72 bits per heavy atom. The summed E-state index contributed by atoms with van der Waals surface area (Å²) in [4.78, 5) is 26.2. The third-order valence-corrected chi connectivity index (χ3v) is 2.46. The van der Waals surface area contributed by atoms with Gasteiger partial charge >= 0.3 is 5.69 Å². The molecular weight excluding hydrogens is 240 g/mol. The van der Waals surface area contributed by atoms with Gasteiger partial charge in [-0.05, 0) is 6.07 Å². The van der Waals surface area contributed by atoms with Crippen LogP contribution in [0.5, 0.6) is 11.6 Å². The number of hydrogen-bond acceptors (Lipinski definition) is 5. The molecule has 0 aliphatic carbocycles. The van der Waals surface area contributed by atoms with Gasteiger partial charge in [0.1, 0.15) is 17.4 Å². The number of nitrogens with one attached hydrogen (secondary N) is 2. The van der Waals surface area contributed by atoms with Crippen LogP contribution >= 0.6 is 0 Å². The van der Waals surface area contributed by atoms with E-state index in [-0.39, 0.29) is 11.3 Å². The number of phenolic OH excluding ortho intramolecular Hbond substituents is 1. The van der Waals surface area contributed by atoms with E-state index in [9.17, 15) is 24.9 Å². The van der Waals surface area contributed by atoms with E-state index in [1.54, 1.807) is 12.1 Å². The van der Waals surface area contributed by atoms with Crippen molar-refractivity contribution in [1.82, 2.24) is 9.97 Å². The summed E-state index contributed by atoms with van der Waals surface area (Å²) in [7, 11) is 0. The second-order valence-corrected chi connectivity index (χ2v) is 3.63. The maximum Gasteiger partial charge on any atom is 0.328 e. The number of phenols is 1. The fourth-order valence-electron chi connectivity index (χ4n) is 1.61. The highest BCUT2D eigenvalue weighted by Gasteiger charge is 2.22. The van der Waals surface area contributed by atoms with Gasteiger partial charge in [0, 0.05) is 5.56 Å². The predicted molar refractivity (Wildman–Crippen MR) is 61.5 cm³/mol. The molecule has 2 aromatic rings. The average Bonchev–Trinajstić information content (AvgIpc) is 2.27. The van der Waals surface area contributed by atoms with Crippen LogP contribution in [0.1, 0.15) is 17.2 Å². The molecule has 1 heterocycles. The monoisotopic (exact) mass is 250 g/mol. The lowest BCUT2D eigenvalue weighted by atomic mass is 10.0. The Morgan fingerprint density at radius 1 is 1.06 bits per heavy atom. The van der Waals surface area contributed by atoms with E-state index >= 15 is 0 Å². The van der Waals surface area contributed by atoms with Gasteiger partial charge in [-0.15, -0.1) is 0 Å². The average molecular weight is 250 g/mol. The number of aromatic amines is 2. The van der Waals surface area contributed by atoms with E-state index in [4.69, 9.17) is 0 Å². The van der Waals surface area contributed by atoms with Crippen LogP contribution in [-0.4, -0.2) is 25.3 Å². The zero-order valence-corrected chi connectivity index (χ0v) is 9.04. The normalized spacial score (nSPS) is 12.3. The summed E-state index contributed by atoms with van der Waals surface area (Å²) in [6.45, 7) is 0. The van der Waals surface area contributed by atoms with Crippen molar-refractivity contribution in [3.8, 4) is 11.6 Å². The number of hydrogen-bond donors (Lipinski definition) is 5. The van der Waals surface area contributed by atoms with Crippen molar-refractivity contribution in [2.24, 2.45) is 0 Å². The van der Waals surface area contributed by atoms with Crippen LogP contribution in [0.15, 0.2) is 33.9 Å². The van der Waals surface area contributed by atoms with Crippen LogP contribution in [-0.2, 0) is 0 Å². The SMILES string of the molecule is O=c1[nH]c(O)c([C@@H](O)c2ccccc2O)c(=O)[nH]1. The summed E-state index contributed by atoms with van der Waals surface area (Å²) in [5.41, 5.74) is -2.20. The van der Waals surface area contributed by atoms with Crippen molar-refractivity contribution in [1.29, 1.82) is 0 Å². The fraction of sp³-hybridized carbons (Fsp3) is 0.0909. The molecule has 0 aliphatic rings. The summed E-state index contributed by atoms with van der Waals surface area (Å²) in [6, 6.07) is 5.82. The van der Waals surface area contributed by atoms with Crippen molar-refractivity contribution in [3.05, 3.63) is 56.2 Å². The maximum absolute atomic E-state index is 11.5. The molecule has 0 fully saturated rings. The minimum Gasteiger partial charge on any atom is -0.508 e. The first-order valence-corrected chi connectivity index (χ1v) is 5.02. The zero-order valence-electron chi connectivity index (χ0n) is 9.04. The highest BCUT2D eigenvalue weighted by atomic mass is 16.3. The van der Waals surface area contributed by atoms with Crippen LogP contribution in [0.4, 0.5) is 0 Å². The van der Waals surface area contributed by atoms with Crippen LogP contribution in [0.3, 0.4) is 0 Å². The molecule has 18 heavy (non-hydrogen) atoms. The third-order valence-electron chi connectivity index (χ3n) is 2.46. The number of aromatic hydroxyl groups is 2. The molecule has 7 nitrogen and oxygen atoms in total. The Balaban J connectivity index is 2.60. The van der Waals surface area contributed by atoms with Crippen LogP contribution in [0, 0.1) is 0 Å². The summed E-state index contributed by atoms with van der Waals surface area (Å²) < 4.78 is 0. The number of aliphatic hydroxyl groups excluding tert-OH is 1. The minimum atomic E-state index is -1.55. The highest BCUT2D eigenvalue weighted by Crippen LogP contribution is 2.29. The van der Waals surface area contributed by atoms with Crippen LogP contribution in [0.2, 0.25) is 0 Å². The van der Waals surface area contributed by atoms with Gasteiger partial charge in [-0.3, -0.25) is 14.8 Å². The van der Waals surface area contributed by atoms with Crippen LogP contribution < -0.4 is 11.2 Å². The number of aromatic nitrogens is 2. The van der Waals surface area contributed by atoms with Crippen molar-refractivity contribution in [2.75, 3.05) is 0 Å². The van der Waals surface area contributed by atoms with Crippen molar-refractivity contribution >= 4 is 0 Å². The third kappa shape index (κ3) is 1.98. The largest absolute Gasteiger partial charge is 0.508 e. The number of aliphatic hydroxyl groups is 1. The van der Waals surface area contributed by atoms with Crippen LogP contribution in [0.25, 0.3) is 0 Å². The molecule has 1 atom stereocenters. The summed E-state index contributed by atoms with van der Waals surface area (Å²) in [5.74, 6) is -0.963. The molecule has 94 valence electrons. The second kappa shape index (κ2) is 4.38. The number of rotatable bonds is 2. The quantitative estimate of drug-likeness (QED) is 0.493. The Hall–Kier alpha value is -2.54. The number of H-pyrrole nitrogens is 2. The van der Waals surface area contributed by atoms with Gasteiger partial charge in [-0.25, -0.2) is 4.79 Å². The standard InChI is InChI=1S/C11H10N2O5/c14-6-4-2-1-3-5(6)8(15)7-9(16)12-11(18)13-10(7)17/h1-4,8,14-15H,(H3,12,13,16,17,18)/t8-/m0/s1. The zero-order chi connectivity index (χ0) is 13.3. The lowest BCUT2D eigenvalue weighted by Gasteiger charge is -2.12. The summed E-state index contributed by atoms with van der Waals surface area (Å²) in [5, 5.41) is 29.0. The van der Waals surface area contributed by atoms with E-state index in [0.29, 0.717) is 0 Å². The summed E-state index contributed by atoms with van der Waals surface area (Å²) in [6.07, 6.45) is -1.55. The topological polar surface area (TPSA) is 126 Å². The van der Waals surface area contributed by atoms with E-state index in [2.05, 4.69) is 0 Å². The molecular formula is C11H10N2O5. The Bertz CT molecular complexity index is 688. The maximum atomic E-state index is 11.5. The first kappa shape index (κ1) is 11.9. The van der Waals surface area contributed by atoms with E-state index in [0.717, 1.165) is 0 Å². The Kier molecular flexibility index (Phi) is 2.90. The van der Waals surface area contributed by atoms with Crippen molar-refractivity contribution in [3.63, 3.8) is 0 Å². The van der Waals surface area contributed by atoms with Gasteiger partial charge in [0.25, 0.3) is 5.56 Å². The van der Waals surface area contributed by atoms with Gasteiger partial charge in [0.2, 0.25) is 5.88 Å². The van der Waals surface area contributed by atoms with E-state index < -0.39 is 28.8 Å². The molecule has 0 saturated carbocycles. The molecule has 0 bridgehead atoms. The van der Waals surface area contributed by atoms with Gasteiger partial charge in [-0.1, -0.05) is 18.2 Å². The second-order valence-electron chi connectivity index (χ2n) is 3.63. The lowest BCUT2D eigenvalue weighted by Crippen LogP contribution is -2.27. The fourth-order valence-corrected chi connectivity index (χ4v) is 1.61. The molecule has 0 unspecified atom stereocenters. The smallest absolute Gasteiger partial charge is 0.328 e. The molecule has 1 aromatic carbocycles. The van der Waals surface area contributed by atoms with E-state index in [1.165, 1.54) is 12.1 Å². The molecule has 0 amide bonds. The van der Waals surface area contributed by atoms with Gasteiger partial charge in [-0.2, -0.15) is 0 Å². The van der Waals surface area contributed by atoms with Gasteiger partial charge < -0.3 is 15.3 Å². The molecule has 2 rings (SSSR count). The van der Waals surface area contributed by atoms with Crippen molar-refractivity contribution < 1.29 is 15.3 Å². The predicted octanol–water partition coefficient (Wildman–Crippen LogP) is -0.444. The molecule has 0 saturated heterocycles. The Morgan fingerprint density at radius 3 is 2.33 bits per heavy atom. The molecule has 0 aliphatic heterocycles. The first-order valence-electron chi connectivity index (χ1n) is 5.02. The first-order chi connectivity index (χ1) is 8.50. The highest BCUT2D eigenvalue weighted by molar-refractivity contribution is 5.40. The number of para-hydroxylation sites is 1. The molecule has 5 N–H and O–H groups in total. The molecule has 0 radical (unpaired) electrons. The van der Waals surface area contributed by atoms with E-state index in [1.807, 2.05) is 9.97 Å². The van der Waals surface area contributed by atoms with Gasteiger partial charge in [0.15, 0.2) is 0 Å². The molecule has 7 heteroatoms. The van der Waals surface area contributed by atoms with Crippen molar-refractivity contribution in [2.45, 2.75) is 6.10 Å².